The average molecular weight is 241 g/mol. The average Bonchev–Trinajstić information content (AvgIpc) is 2.83. The second-order valence-corrected chi connectivity index (χ2v) is 4.60. The first-order valence-corrected chi connectivity index (χ1v) is 6.29. The van der Waals surface area contributed by atoms with E-state index in [1.54, 1.807) is 17.3 Å². The molecule has 0 bridgehead atoms. The van der Waals surface area contributed by atoms with E-state index >= 15 is 0 Å². The summed E-state index contributed by atoms with van der Waals surface area (Å²) in [6.07, 6.45) is 5.66. The Hall–Kier alpha value is -1.90. The van der Waals surface area contributed by atoms with Crippen LogP contribution in [0, 0.1) is 13.8 Å². The smallest absolute Gasteiger partial charge is 0.145 e. The van der Waals surface area contributed by atoms with Crippen molar-refractivity contribution < 1.29 is 0 Å². The molecule has 18 heavy (non-hydrogen) atoms. The second-order valence-electron chi connectivity index (χ2n) is 4.60. The van der Waals surface area contributed by atoms with Gasteiger partial charge in [-0.3, -0.25) is 4.98 Å². The summed E-state index contributed by atoms with van der Waals surface area (Å²) in [5.74, 6) is 0.523. The highest BCUT2D eigenvalue weighted by atomic mass is 14.9. The van der Waals surface area contributed by atoms with Crippen molar-refractivity contribution in [2.24, 2.45) is 0 Å². The predicted molar refractivity (Wildman–Crippen MR) is 74.4 cm³/mol. The summed E-state index contributed by atoms with van der Waals surface area (Å²) >= 11 is 0. The van der Waals surface area contributed by atoms with Crippen molar-refractivity contribution in [3.05, 3.63) is 53.0 Å². The Kier molecular flexibility index (Phi) is 3.92. The topological polar surface area (TPSA) is 51.8 Å². The zero-order valence-electron chi connectivity index (χ0n) is 11.0. The molecule has 0 spiro atoms. The number of nitrogens with two attached hydrogens (primary N) is 1. The quantitative estimate of drug-likeness (QED) is 0.771. The minimum absolute atomic E-state index is 0.523. The van der Waals surface area contributed by atoms with Crippen LogP contribution >= 0.6 is 0 Å². The van der Waals surface area contributed by atoms with Crippen molar-refractivity contribution in [2.75, 3.05) is 5.73 Å². The predicted octanol–water partition coefficient (Wildman–Crippen LogP) is 2.85. The van der Waals surface area contributed by atoms with Gasteiger partial charge in [-0.25, -0.2) is 4.98 Å². The van der Waals surface area contributed by atoms with Gasteiger partial charge in [0, 0.05) is 6.20 Å². The van der Waals surface area contributed by atoms with Crippen LogP contribution in [-0.2, 0) is 12.8 Å². The molecule has 0 amide bonds. The molecule has 0 saturated carbocycles. The normalized spacial score (nSPS) is 12.6. The minimum Gasteiger partial charge on any atom is -0.382 e. The molecule has 0 atom stereocenters. The number of fused-ring (bicyclic) bond motifs is 1. The molecule has 0 unspecified atom stereocenters. The van der Waals surface area contributed by atoms with E-state index < -0.39 is 0 Å². The highest BCUT2D eigenvalue weighted by Gasteiger charge is 2.07. The molecule has 3 rings (SSSR count). The van der Waals surface area contributed by atoms with E-state index in [1.807, 2.05) is 13.8 Å². The molecule has 1 aromatic heterocycles. The summed E-state index contributed by atoms with van der Waals surface area (Å²) in [4.78, 5) is 7.98. The fraction of sp³-hybridized carbons (Fsp3) is 0.333. The lowest BCUT2D eigenvalue weighted by molar-refractivity contribution is 0.912. The number of nitrogen functional groups attached to an aromatic ring is 1. The van der Waals surface area contributed by atoms with Crippen LogP contribution in [0.3, 0.4) is 0 Å². The molecule has 1 aliphatic rings. The number of hydrogen-bond donors (Lipinski definition) is 1. The van der Waals surface area contributed by atoms with Gasteiger partial charge in [0.15, 0.2) is 0 Å². The van der Waals surface area contributed by atoms with Gasteiger partial charge in [0.1, 0.15) is 5.82 Å². The van der Waals surface area contributed by atoms with Crippen molar-refractivity contribution in [2.45, 2.75) is 33.1 Å². The molecule has 3 nitrogen and oxygen atoms in total. The highest BCUT2D eigenvalue weighted by molar-refractivity contribution is 5.33. The molecule has 0 radical (unpaired) electrons. The summed E-state index contributed by atoms with van der Waals surface area (Å²) in [7, 11) is 0. The minimum atomic E-state index is 0.523. The second kappa shape index (κ2) is 5.63. The molecular weight excluding hydrogens is 222 g/mol. The number of aromatic nitrogens is 2. The molecule has 0 aliphatic heterocycles. The number of nitrogens with zero attached hydrogens (tertiary/aromatic N) is 2. The molecule has 0 fully saturated rings. The van der Waals surface area contributed by atoms with E-state index in [2.05, 4.69) is 34.2 Å². The van der Waals surface area contributed by atoms with Gasteiger partial charge < -0.3 is 5.73 Å². The molecule has 2 N–H and O–H groups in total. The molecule has 0 saturated heterocycles. The van der Waals surface area contributed by atoms with Gasteiger partial charge in [-0.1, -0.05) is 24.3 Å². The van der Waals surface area contributed by atoms with E-state index in [9.17, 15) is 0 Å². The maximum absolute atomic E-state index is 5.45. The fourth-order valence-electron chi connectivity index (χ4n) is 2.07. The maximum atomic E-state index is 5.45. The molecule has 1 aliphatic carbocycles. The van der Waals surface area contributed by atoms with Crippen molar-refractivity contribution >= 4 is 5.82 Å². The first-order chi connectivity index (χ1) is 8.66. The highest BCUT2D eigenvalue weighted by Crippen LogP contribution is 2.20. The van der Waals surface area contributed by atoms with Gasteiger partial charge in [0.25, 0.3) is 0 Å². The van der Waals surface area contributed by atoms with Crippen LogP contribution in [0.5, 0.6) is 0 Å². The van der Waals surface area contributed by atoms with E-state index in [-0.39, 0.29) is 0 Å². The van der Waals surface area contributed by atoms with Crippen LogP contribution in [0.25, 0.3) is 0 Å². The number of benzene rings is 1. The van der Waals surface area contributed by atoms with Gasteiger partial charge in [-0.15, -0.1) is 0 Å². The third kappa shape index (κ3) is 3.06. The maximum Gasteiger partial charge on any atom is 0.145 e. The number of rotatable bonds is 0. The van der Waals surface area contributed by atoms with Crippen molar-refractivity contribution in [1.82, 2.24) is 9.97 Å². The van der Waals surface area contributed by atoms with Gasteiger partial charge >= 0.3 is 0 Å². The van der Waals surface area contributed by atoms with Crippen LogP contribution in [0.1, 0.15) is 28.9 Å². The Balaban J connectivity index is 0.000000134. The van der Waals surface area contributed by atoms with E-state index in [1.165, 1.54) is 19.3 Å². The number of aryl methyl sites for hydroxylation is 4. The van der Waals surface area contributed by atoms with Gasteiger partial charge in [0.05, 0.1) is 11.4 Å². The van der Waals surface area contributed by atoms with Gasteiger partial charge in [-0.2, -0.15) is 0 Å². The number of hydrogen-bond acceptors (Lipinski definition) is 3. The van der Waals surface area contributed by atoms with Crippen molar-refractivity contribution in [3.8, 4) is 0 Å². The standard InChI is InChI=1S/C9H10.C6H9N3/c1-2-5-9-7-3-6-8(9)4-1;1-4-3-8-5(2)6(7)9-4/h1-2,4-5H,3,6-7H2;3H,1-2H3,(H2,7,9). The third-order valence-corrected chi connectivity index (χ3v) is 3.12. The molecule has 2 aromatic rings. The third-order valence-electron chi connectivity index (χ3n) is 3.12. The largest absolute Gasteiger partial charge is 0.382 e. The SMILES string of the molecule is Cc1cnc(C)c(N)n1.c1ccc2c(c1)CCC2. The zero-order valence-corrected chi connectivity index (χ0v) is 11.0. The molecule has 3 heteroatoms. The zero-order chi connectivity index (χ0) is 13.0. The first kappa shape index (κ1) is 12.6. The lowest BCUT2D eigenvalue weighted by Crippen LogP contribution is -1.97. The van der Waals surface area contributed by atoms with Crippen LogP contribution in [0.2, 0.25) is 0 Å². The van der Waals surface area contributed by atoms with Crippen molar-refractivity contribution in [1.29, 1.82) is 0 Å². The Morgan fingerprint density at radius 1 is 1.06 bits per heavy atom. The van der Waals surface area contributed by atoms with Gasteiger partial charge in [0.2, 0.25) is 0 Å². The lowest BCUT2D eigenvalue weighted by atomic mass is 10.1. The monoisotopic (exact) mass is 241 g/mol. The molecule has 94 valence electrons. The van der Waals surface area contributed by atoms with E-state index in [0.29, 0.717) is 5.82 Å². The summed E-state index contributed by atoms with van der Waals surface area (Å²) in [6.45, 7) is 3.70. The van der Waals surface area contributed by atoms with Crippen LogP contribution < -0.4 is 5.73 Å². The van der Waals surface area contributed by atoms with E-state index in [0.717, 1.165) is 11.4 Å². The Morgan fingerprint density at radius 3 is 2.17 bits per heavy atom. The first-order valence-electron chi connectivity index (χ1n) is 6.29. The molecular formula is C15H19N3. The van der Waals surface area contributed by atoms with E-state index in [4.69, 9.17) is 5.73 Å². The summed E-state index contributed by atoms with van der Waals surface area (Å²) < 4.78 is 0. The fourth-order valence-corrected chi connectivity index (χ4v) is 2.07. The van der Waals surface area contributed by atoms with Crippen molar-refractivity contribution in [3.63, 3.8) is 0 Å². The van der Waals surface area contributed by atoms with Gasteiger partial charge in [-0.05, 0) is 44.2 Å². The van der Waals surface area contributed by atoms with Crippen LogP contribution in [0.4, 0.5) is 5.82 Å². The molecule has 1 aromatic carbocycles. The Morgan fingerprint density at radius 2 is 1.67 bits per heavy atom. The summed E-state index contributed by atoms with van der Waals surface area (Å²) in [5.41, 5.74) is 10.2. The van der Waals surface area contributed by atoms with Crippen LogP contribution in [-0.4, -0.2) is 9.97 Å². The Labute approximate surface area is 108 Å². The summed E-state index contributed by atoms with van der Waals surface area (Å²) in [5, 5.41) is 0. The Bertz CT molecular complexity index is 512. The van der Waals surface area contributed by atoms with Crippen LogP contribution in [0.15, 0.2) is 30.5 Å². The summed E-state index contributed by atoms with van der Waals surface area (Å²) in [6, 6.07) is 8.74. The lowest BCUT2D eigenvalue weighted by Gasteiger charge is -1.96. The molecule has 1 heterocycles. The number of anilines is 1.